The molecule has 0 aromatic carbocycles. The second kappa shape index (κ2) is 2.73. The normalized spacial score (nSPS) is 31.8. The fourth-order valence-corrected chi connectivity index (χ4v) is 2.26. The maximum absolute atomic E-state index is 10.7. The number of piperidine rings is 1. The zero-order chi connectivity index (χ0) is 8.60. The summed E-state index contributed by atoms with van der Waals surface area (Å²) in [5.74, 6) is 0.406. The summed E-state index contributed by atoms with van der Waals surface area (Å²) in [6, 6.07) is 0. The average molecular weight is 168 g/mol. The number of carbonyl (C=O) groups excluding carboxylic acids is 1. The van der Waals surface area contributed by atoms with E-state index in [0.29, 0.717) is 17.9 Å². The second-order valence-electron chi connectivity index (χ2n) is 4.24. The fourth-order valence-electron chi connectivity index (χ4n) is 2.26. The highest BCUT2D eigenvalue weighted by Crippen LogP contribution is 2.44. The first-order valence-electron chi connectivity index (χ1n) is 4.74. The van der Waals surface area contributed by atoms with Crippen LogP contribution in [0.25, 0.3) is 0 Å². The molecule has 1 aliphatic heterocycles. The summed E-state index contributed by atoms with van der Waals surface area (Å²) in [7, 11) is 0. The van der Waals surface area contributed by atoms with Crippen molar-refractivity contribution in [3.05, 3.63) is 0 Å². The van der Waals surface area contributed by atoms with Gasteiger partial charge in [0.25, 0.3) is 0 Å². The summed E-state index contributed by atoms with van der Waals surface area (Å²) in [6.07, 6.45) is 5.45. The lowest BCUT2D eigenvalue weighted by atomic mass is 9.88. The highest BCUT2D eigenvalue weighted by atomic mass is 16.1. The Morgan fingerprint density at radius 1 is 1.58 bits per heavy atom. The van der Waals surface area contributed by atoms with Gasteiger partial charge in [-0.3, -0.25) is 4.79 Å². The van der Waals surface area contributed by atoms with Crippen LogP contribution in [0, 0.1) is 5.92 Å². The minimum absolute atomic E-state index is 0.141. The summed E-state index contributed by atoms with van der Waals surface area (Å²) in [5.41, 5.74) is 5.60. The molecule has 1 amide bonds. The molecule has 1 saturated heterocycles. The molecule has 0 aromatic heterocycles. The minimum Gasteiger partial charge on any atom is -0.370 e. The standard InChI is InChI=1S/C9H16N2O/c10-8(12)5-7-1-4-11-9(6-7)2-3-9/h7,11H,1-6H2,(H2,10,12). The van der Waals surface area contributed by atoms with Crippen molar-refractivity contribution in [3.8, 4) is 0 Å². The van der Waals surface area contributed by atoms with Crippen LogP contribution in [0.3, 0.4) is 0 Å². The number of primary amides is 1. The van der Waals surface area contributed by atoms with Gasteiger partial charge in [-0.25, -0.2) is 0 Å². The zero-order valence-corrected chi connectivity index (χ0v) is 7.31. The van der Waals surface area contributed by atoms with Crippen molar-refractivity contribution < 1.29 is 4.79 Å². The first-order chi connectivity index (χ1) is 5.70. The Morgan fingerprint density at radius 2 is 2.33 bits per heavy atom. The molecule has 2 aliphatic rings. The zero-order valence-electron chi connectivity index (χ0n) is 7.31. The Hall–Kier alpha value is -0.570. The van der Waals surface area contributed by atoms with Gasteiger partial charge in [0, 0.05) is 12.0 Å². The third kappa shape index (κ3) is 1.61. The van der Waals surface area contributed by atoms with Crippen molar-refractivity contribution in [1.29, 1.82) is 0 Å². The first-order valence-corrected chi connectivity index (χ1v) is 4.74. The topological polar surface area (TPSA) is 55.1 Å². The van der Waals surface area contributed by atoms with E-state index in [1.807, 2.05) is 0 Å². The smallest absolute Gasteiger partial charge is 0.217 e. The van der Waals surface area contributed by atoms with E-state index in [9.17, 15) is 4.79 Å². The number of nitrogens with two attached hydrogens (primary N) is 1. The highest BCUT2D eigenvalue weighted by Gasteiger charge is 2.45. The summed E-state index contributed by atoms with van der Waals surface area (Å²) in [4.78, 5) is 10.7. The predicted molar refractivity (Wildman–Crippen MR) is 46.5 cm³/mol. The van der Waals surface area contributed by atoms with Crippen LogP contribution in [-0.2, 0) is 4.79 Å². The molecule has 0 bridgehead atoms. The van der Waals surface area contributed by atoms with Crippen LogP contribution in [0.15, 0.2) is 0 Å². The molecule has 0 aromatic rings. The monoisotopic (exact) mass is 168 g/mol. The average Bonchev–Trinajstić information content (AvgIpc) is 2.68. The summed E-state index contributed by atoms with van der Waals surface area (Å²) < 4.78 is 0. The van der Waals surface area contributed by atoms with E-state index in [4.69, 9.17) is 5.73 Å². The Bertz CT molecular complexity index is 199. The summed E-state index contributed by atoms with van der Waals surface area (Å²) >= 11 is 0. The lowest BCUT2D eigenvalue weighted by Gasteiger charge is -2.29. The van der Waals surface area contributed by atoms with Crippen molar-refractivity contribution >= 4 is 5.91 Å². The quantitative estimate of drug-likeness (QED) is 0.627. The van der Waals surface area contributed by atoms with Crippen LogP contribution in [0.1, 0.15) is 32.1 Å². The second-order valence-corrected chi connectivity index (χ2v) is 4.24. The molecule has 1 spiro atoms. The van der Waals surface area contributed by atoms with Gasteiger partial charge >= 0.3 is 0 Å². The van der Waals surface area contributed by atoms with Gasteiger partial charge in [-0.05, 0) is 38.1 Å². The van der Waals surface area contributed by atoms with E-state index in [2.05, 4.69) is 5.32 Å². The Morgan fingerprint density at radius 3 is 2.92 bits per heavy atom. The molecule has 3 heteroatoms. The molecular weight excluding hydrogens is 152 g/mol. The Balaban J connectivity index is 1.86. The number of rotatable bonds is 2. The SMILES string of the molecule is NC(=O)CC1CCNC2(CC2)C1. The molecule has 1 atom stereocenters. The molecule has 2 fully saturated rings. The molecule has 1 aliphatic carbocycles. The minimum atomic E-state index is -0.141. The number of hydrogen-bond acceptors (Lipinski definition) is 2. The molecule has 1 saturated carbocycles. The van der Waals surface area contributed by atoms with Gasteiger partial charge < -0.3 is 11.1 Å². The van der Waals surface area contributed by atoms with Crippen LogP contribution >= 0.6 is 0 Å². The number of amides is 1. The van der Waals surface area contributed by atoms with Crippen LogP contribution in [0.5, 0.6) is 0 Å². The van der Waals surface area contributed by atoms with Crippen LogP contribution in [0.4, 0.5) is 0 Å². The van der Waals surface area contributed by atoms with E-state index in [1.54, 1.807) is 0 Å². The van der Waals surface area contributed by atoms with Crippen molar-refractivity contribution in [2.45, 2.75) is 37.6 Å². The van der Waals surface area contributed by atoms with Gasteiger partial charge in [0.2, 0.25) is 5.91 Å². The number of nitrogens with one attached hydrogen (secondary N) is 1. The summed E-state index contributed by atoms with van der Waals surface area (Å²) in [6.45, 7) is 1.07. The maximum Gasteiger partial charge on any atom is 0.217 e. The lowest BCUT2D eigenvalue weighted by Crippen LogP contribution is -2.40. The van der Waals surface area contributed by atoms with Gasteiger partial charge in [0.15, 0.2) is 0 Å². The lowest BCUT2D eigenvalue weighted by molar-refractivity contribution is -0.119. The fraction of sp³-hybridized carbons (Fsp3) is 0.889. The van der Waals surface area contributed by atoms with Crippen molar-refractivity contribution in [1.82, 2.24) is 5.32 Å². The van der Waals surface area contributed by atoms with Gasteiger partial charge in [-0.15, -0.1) is 0 Å². The van der Waals surface area contributed by atoms with Gasteiger partial charge in [0.1, 0.15) is 0 Å². The van der Waals surface area contributed by atoms with Crippen molar-refractivity contribution in [3.63, 3.8) is 0 Å². The van der Waals surface area contributed by atoms with E-state index < -0.39 is 0 Å². The van der Waals surface area contributed by atoms with Crippen molar-refractivity contribution in [2.75, 3.05) is 6.54 Å². The van der Waals surface area contributed by atoms with E-state index >= 15 is 0 Å². The van der Waals surface area contributed by atoms with Crippen LogP contribution in [0.2, 0.25) is 0 Å². The predicted octanol–water partition coefficient (Wildman–Crippen LogP) is 0.394. The van der Waals surface area contributed by atoms with E-state index in [1.165, 1.54) is 12.8 Å². The van der Waals surface area contributed by atoms with Crippen molar-refractivity contribution in [2.24, 2.45) is 11.7 Å². The van der Waals surface area contributed by atoms with Gasteiger partial charge in [-0.1, -0.05) is 0 Å². The largest absolute Gasteiger partial charge is 0.370 e. The molecule has 0 radical (unpaired) electrons. The number of carbonyl (C=O) groups is 1. The third-order valence-corrected chi connectivity index (χ3v) is 3.08. The molecule has 1 unspecified atom stereocenters. The molecule has 3 N–H and O–H groups in total. The first kappa shape index (κ1) is 8.05. The third-order valence-electron chi connectivity index (χ3n) is 3.08. The molecule has 2 rings (SSSR count). The molecule has 1 heterocycles. The van der Waals surface area contributed by atoms with E-state index in [0.717, 1.165) is 19.4 Å². The van der Waals surface area contributed by atoms with E-state index in [-0.39, 0.29) is 5.91 Å². The Labute approximate surface area is 72.7 Å². The molecular formula is C9H16N2O. The maximum atomic E-state index is 10.7. The van der Waals surface area contributed by atoms with Gasteiger partial charge in [-0.2, -0.15) is 0 Å². The van der Waals surface area contributed by atoms with Gasteiger partial charge in [0.05, 0.1) is 0 Å². The summed E-state index contributed by atoms with van der Waals surface area (Å²) in [5, 5.41) is 3.52. The Kier molecular flexibility index (Phi) is 1.83. The molecule has 12 heavy (non-hydrogen) atoms. The highest BCUT2D eigenvalue weighted by molar-refractivity contribution is 5.74. The van der Waals surface area contributed by atoms with Crippen LogP contribution < -0.4 is 11.1 Å². The molecule has 68 valence electrons. The van der Waals surface area contributed by atoms with Crippen LogP contribution in [-0.4, -0.2) is 18.0 Å². The molecule has 3 nitrogen and oxygen atoms in total. The number of hydrogen-bond donors (Lipinski definition) is 2.